The number of hydrogen-bond donors (Lipinski definition) is 0. The number of para-hydroxylation sites is 1. The summed E-state index contributed by atoms with van der Waals surface area (Å²) in [5.74, 6) is 0.283. The van der Waals surface area contributed by atoms with Crippen molar-refractivity contribution >= 4 is 26.0 Å². The van der Waals surface area contributed by atoms with Crippen molar-refractivity contribution < 1.29 is 12.6 Å². The van der Waals surface area contributed by atoms with E-state index in [1.54, 1.807) is 43.3 Å². The Hall–Kier alpha value is -1.33. The zero-order chi connectivity index (χ0) is 14.9. The highest BCUT2D eigenvalue weighted by molar-refractivity contribution is 9.10. The number of aryl methyl sites for hydroxylation is 1. The van der Waals surface area contributed by atoms with E-state index in [1.165, 1.54) is 0 Å². The van der Waals surface area contributed by atoms with Crippen LogP contribution in [0.25, 0.3) is 0 Å². The summed E-state index contributed by atoms with van der Waals surface area (Å²) in [5, 5.41) is 0. The van der Waals surface area contributed by atoms with Crippen LogP contribution in [-0.4, -0.2) is 8.42 Å². The average Bonchev–Trinajstić information content (AvgIpc) is 2.38. The Morgan fingerprint density at radius 3 is 2.25 bits per heavy atom. The van der Waals surface area contributed by atoms with Crippen LogP contribution >= 0.6 is 15.9 Å². The SMILES string of the molecule is Cc1ccc(S(=O)(=O)Oc2ccccc2Br)c(C)c1C. The molecule has 2 rings (SSSR count). The van der Waals surface area contributed by atoms with Crippen molar-refractivity contribution in [1.82, 2.24) is 0 Å². The van der Waals surface area contributed by atoms with Crippen molar-refractivity contribution in [1.29, 1.82) is 0 Å². The van der Waals surface area contributed by atoms with Crippen LogP contribution in [0.4, 0.5) is 0 Å². The molecule has 0 aliphatic rings. The lowest BCUT2D eigenvalue weighted by atomic mass is 10.1. The van der Waals surface area contributed by atoms with Gasteiger partial charge in [-0.05, 0) is 71.6 Å². The third-order valence-electron chi connectivity index (χ3n) is 3.31. The Balaban J connectivity index is 2.47. The first-order chi connectivity index (χ1) is 9.33. The minimum atomic E-state index is -3.84. The monoisotopic (exact) mass is 354 g/mol. The number of benzene rings is 2. The molecule has 0 spiro atoms. The summed E-state index contributed by atoms with van der Waals surface area (Å²) in [7, 11) is -3.84. The van der Waals surface area contributed by atoms with Gasteiger partial charge in [0.15, 0.2) is 5.75 Å². The maximum Gasteiger partial charge on any atom is 0.339 e. The van der Waals surface area contributed by atoms with Crippen molar-refractivity contribution in [2.45, 2.75) is 25.7 Å². The van der Waals surface area contributed by atoms with Crippen molar-refractivity contribution in [3.05, 3.63) is 57.6 Å². The predicted molar refractivity (Wildman–Crippen MR) is 82.6 cm³/mol. The van der Waals surface area contributed by atoms with E-state index in [0.29, 0.717) is 4.47 Å². The maximum absolute atomic E-state index is 12.4. The van der Waals surface area contributed by atoms with Crippen molar-refractivity contribution in [3.8, 4) is 5.75 Å². The maximum atomic E-state index is 12.4. The zero-order valence-corrected chi connectivity index (χ0v) is 13.9. The van der Waals surface area contributed by atoms with Gasteiger partial charge in [0.05, 0.1) is 4.47 Å². The van der Waals surface area contributed by atoms with E-state index >= 15 is 0 Å². The Kier molecular flexibility index (Phi) is 4.20. The summed E-state index contributed by atoms with van der Waals surface area (Å²) in [4.78, 5) is 0.205. The second-order valence-corrected chi connectivity index (χ2v) is 6.97. The van der Waals surface area contributed by atoms with Gasteiger partial charge in [-0.15, -0.1) is 0 Å². The normalized spacial score (nSPS) is 11.4. The molecular weight excluding hydrogens is 340 g/mol. The number of rotatable bonds is 3. The lowest BCUT2D eigenvalue weighted by Crippen LogP contribution is -2.12. The van der Waals surface area contributed by atoms with Crippen LogP contribution in [0.3, 0.4) is 0 Å². The fourth-order valence-corrected chi connectivity index (χ4v) is 3.58. The highest BCUT2D eigenvalue weighted by Crippen LogP contribution is 2.29. The summed E-state index contributed by atoms with van der Waals surface area (Å²) < 4.78 is 30.6. The summed E-state index contributed by atoms with van der Waals surface area (Å²) in [6.45, 7) is 5.65. The standard InChI is InChI=1S/C15H15BrO3S/c1-10-8-9-15(12(3)11(10)2)20(17,18)19-14-7-5-4-6-13(14)16/h4-9H,1-3H3. The molecule has 106 valence electrons. The first-order valence-corrected chi connectivity index (χ1v) is 8.29. The lowest BCUT2D eigenvalue weighted by molar-refractivity contribution is 0.484. The minimum Gasteiger partial charge on any atom is -0.378 e. The summed E-state index contributed by atoms with van der Waals surface area (Å²) >= 11 is 3.28. The van der Waals surface area contributed by atoms with E-state index in [0.717, 1.165) is 16.7 Å². The second kappa shape index (κ2) is 5.58. The molecular formula is C15H15BrO3S. The van der Waals surface area contributed by atoms with Gasteiger partial charge in [-0.25, -0.2) is 0 Å². The van der Waals surface area contributed by atoms with Gasteiger partial charge in [-0.1, -0.05) is 18.2 Å². The summed E-state index contributed by atoms with van der Waals surface area (Å²) in [6, 6.07) is 10.2. The van der Waals surface area contributed by atoms with Gasteiger partial charge in [0.1, 0.15) is 4.90 Å². The third-order valence-corrected chi connectivity index (χ3v) is 5.35. The molecule has 0 bridgehead atoms. The van der Waals surface area contributed by atoms with Crippen LogP contribution in [0.15, 0.2) is 45.8 Å². The average molecular weight is 355 g/mol. The fourth-order valence-electron chi connectivity index (χ4n) is 1.88. The zero-order valence-electron chi connectivity index (χ0n) is 11.5. The molecule has 0 fully saturated rings. The number of hydrogen-bond acceptors (Lipinski definition) is 3. The van der Waals surface area contributed by atoms with Gasteiger partial charge in [0.2, 0.25) is 0 Å². The van der Waals surface area contributed by atoms with E-state index in [-0.39, 0.29) is 10.6 Å². The van der Waals surface area contributed by atoms with E-state index < -0.39 is 10.1 Å². The molecule has 5 heteroatoms. The van der Waals surface area contributed by atoms with Crippen LogP contribution in [-0.2, 0) is 10.1 Å². The highest BCUT2D eigenvalue weighted by atomic mass is 79.9. The molecule has 0 aliphatic heterocycles. The Morgan fingerprint density at radius 1 is 0.950 bits per heavy atom. The van der Waals surface area contributed by atoms with Gasteiger partial charge in [0, 0.05) is 0 Å². The van der Waals surface area contributed by atoms with Crippen LogP contribution in [0.1, 0.15) is 16.7 Å². The largest absolute Gasteiger partial charge is 0.378 e. The molecule has 0 amide bonds. The van der Waals surface area contributed by atoms with Gasteiger partial charge in [0.25, 0.3) is 0 Å². The fraction of sp³-hybridized carbons (Fsp3) is 0.200. The molecule has 3 nitrogen and oxygen atoms in total. The summed E-state index contributed by atoms with van der Waals surface area (Å²) in [6.07, 6.45) is 0. The molecule has 0 N–H and O–H groups in total. The van der Waals surface area contributed by atoms with Crippen molar-refractivity contribution in [2.24, 2.45) is 0 Å². The molecule has 0 aromatic heterocycles. The van der Waals surface area contributed by atoms with Crippen LogP contribution in [0, 0.1) is 20.8 Å². The highest BCUT2D eigenvalue weighted by Gasteiger charge is 2.21. The molecule has 0 atom stereocenters. The van der Waals surface area contributed by atoms with Gasteiger partial charge < -0.3 is 4.18 Å². The van der Waals surface area contributed by atoms with Crippen molar-refractivity contribution in [2.75, 3.05) is 0 Å². The molecule has 0 radical (unpaired) electrons. The third kappa shape index (κ3) is 2.88. The van der Waals surface area contributed by atoms with E-state index in [1.807, 2.05) is 13.8 Å². The van der Waals surface area contributed by atoms with E-state index in [2.05, 4.69) is 15.9 Å². The van der Waals surface area contributed by atoms with Crippen molar-refractivity contribution in [3.63, 3.8) is 0 Å². The Bertz CT molecular complexity index is 752. The van der Waals surface area contributed by atoms with Crippen LogP contribution in [0.5, 0.6) is 5.75 Å². The van der Waals surface area contributed by atoms with Crippen LogP contribution < -0.4 is 4.18 Å². The van der Waals surface area contributed by atoms with Gasteiger partial charge in [-0.2, -0.15) is 8.42 Å². The molecule has 0 saturated heterocycles. The molecule has 2 aromatic rings. The smallest absolute Gasteiger partial charge is 0.339 e. The van der Waals surface area contributed by atoms with Gasteiger partial charge in [-0.3, -0.25) is 0 Å². The molecule has 0 aliphatic carbocycles. The minimum absolute atomic E-state index is 0.205. The predicted octanol–water partition coefficient (Wildman–Crippen LogP) is 4.14. The molecule has 0 heterocycles. The number of halogens is 1. The molecule has 0 saturated carbocycles. The Labute approximate surface area is 127 Å². The molecule has 0 unspecified atom stereocenters. The second-order valence-electron chi connectivity index (χ2n) is 4.60. The first-order valence-electron chi connectivity index (χ1n) is 6.09. The van der Waals surface area contributed by atoms with Crippen LogP contribution in [0.2, 0.25) is 0 Å². The molecule has 2 aromatic carbocycles. The quantitative estimate of drug-likeness (QED) is 0.777. The molecule has 20 heavy (non-hydrogen) atoms. The topological polar surface area (TPSA) is 43.4 Å². The van der Waals surface area contributed by atoms with E-state index in [9.17, 15) is 8.42 Å². The summed E-state index contributed by atoms with van der Waals surface area (Å²) in [5.41, 5.74) is 2.74. The van der Waals surface area contributed by atoms with E-state index in [4.69, 9.17) is 4.18 Å². The Morgan fingerprint density at radius 2 is 1.60 bits per heavy atom. The van der Waals surface area contributed by atoms with Gasteiger partial charge >= 0.3 is 10.1 Å². The first kappa shape index (κ1) is 15.1. The lowest BCUT2D eigenvalue weighted by Gasteiger charge is -2.13.